The zero-order valence-electron chi connectivity index (χ0n) is 11.1. The first-order chi connectivity index (χ1) is 8.11. The molecule has 0 aliphatic carbocycles. The number of aromatic nitrogens is 1. The van der Waals surface area contributed by atoms with E-state index in [-0.39, 0.29) is 0 Å². The molecule has 0 spiro atoms. The van der Waals surface area contributed by atoms with Gasteiger partial charge in [-0.25, -0.2) is 4.57 Å². The maximum absolute atomic E-state index is 2.25. The molecule has 0 unspecified atom stereocenters. The van der Waals surface area contributed by atoms with Crippen LogP contribution in [0.5, 0.6) is 0 Å². The molecule has 1 aromatic carbocycles. The van der Waals surface area contributed by atoms with Crippen molar-refractivity contribution in [3.8, 4) is 11.3 Å². The van der Waals surface area contributed by atoms with Gasteiger partial charge in [-0.15, -0.1) is 0 Å². The molecule has 1 heteroatoms. The quantitative estimate of drug-likeness (QED) is 0.689. The van der Waals surface area contributed by atoms with E-state index in [4.69, 9.17) is 0 Å². The summed E-state index contributed by atoms with van der Waals surface area (Å²) in [6, 6.07) is 12.9. The second-order valence-corrected chi connectivity index (χ2v) is 4.89. The fraction of sp³-hybridized carbons (Fsp3) is 0.312. The van der Waals surface area contributed by atoms with E-state index in [1.165, 1.54) is 22.4 Å². The lowest BCUT2D eigenvalue weighted by molar-refractivity contribution is -0.660. The number of nitrogens with zero attached hydrogens (tertiary/aromatic N) is 1. The van der Waals surface area contributed by atoms with Crippen molar-refractivity contribution in [3.05, 3.63) is 53.7 Å². The number of rotatable bonds is 2. The van der Waals surface area contributed by atoms with Gasteiger partial charge in [0.05, 0.1) is 0 Å². The SMILES string of the molecule is Cc1ccccc1-c1c(C(C)C)ccc[n+]1C. The fourth-order valence-electron chi connectivity index (χ4n) is 2.28. The van der Waals surface area contributed by atoms with E-state index in [1.54, 1.807) is 0 Å². The van der Waals surface area contributed by atoms with Crippen LogP contribution in [0.4, 0.5) is 0 Å². The highest BCUT2D eigenvalue weighted by molar-refractivity contribution is 5.64. The third kappa shape index (κ3) is 2.23. The molecule has 88 valence electrons. The van der Waals surface area contributed by atoms with Crippen LogP contribution in [0.2, 0.25) is 0 Å². The van der Waals surface area contributed by atoms with E-state index < -0.39 is 0 Å². The molecule has 0 amide bonds. The highest BCUT2D eigenvalue weighted by Crippen LogP contribution is 2.27. The van der Waals surface area contributed by atoms with Gasteiger partial charge in [-0.2, -0.15) is 0 Å². The third-order valence-corrected chi connectivity index (χ3v) is 3.23. The Morgan fingerprint density at radius 1 is 1.00 bits per heavy atom. The van der Waals surface area contributed by atoms with Crippen molar-refractivity contribution in [1.82, 2.24) is 0 Å². The maximum Gasteiger partial charge on any atom is 0.215 e. The summed E-state index contributed by atoms with van der Waals surface area (Å²) in [6.45, 7) is 6.67. The molecule has 0 fully saturated rings. The van der Waals surface area contributed by atoms with Crippen LogP contribution < -0.4 is 4.57 Å². The zero-order chi connectivity index (χ0) is 12.4. The average molecular weight is 226 g/mol. The normalized spacial score (nSPS) is 10.9. The Kier molecular flexibility index (Phi) is 3.28. The van der Waals surface area contributed by atoms with E-state index >= 15 is 0 Å². The van der Waals surface area contributed by atoms with Crippen LogP contribution in [0.1, 0.15) is 30.9 Å². The lowest BCUT2D eigenvalue weighted by Gasteiger charge is -2.11. The van der Waals surface area contributed by atoms with E-state index in [9.17, 15) is 0 Å². The van der Waals surface area contributed by atoms with Crippen molar-refractivity contribution in [1.29, 1.82) is 0 Å². The maximum atomic E-state index is 2.25. The average Bonchev–Trinajstić information content (AvgIpc) is 2.30. The van der Waals surface area contributed by atoms with Gasteiger partial charge < -0.3 is 0 Å². The Morgan fingerprint density at radius 3 is 2.35 bits per heavy atom. The Labute approximate surface area is 104 Å². The minimum atomic E-state index is 0.539. The van der Waals surface area contributed by atoms with Gasteiger partial charge in [-0.05, 0) is 30.5 Å². The fourth-order valence-corrected chi connectivity index (χ4v) is 2.28. The van der Waals surface area contributed by atoms with Gasteiger partial charge in [-0.3, -0.25) is 0 Å². The Hall–Kier alpha value is -1.63. The molecule has 0 aliphatic rings. The second kappa shape index (κ2) is 4.70. The first kappa shape index (κ1) is 11.8. The van der Waals surface area contributed by atoms with Gasteiger partial charge in [0.25, 0.3) is 0 Å². The highest BCUT2D eigenvalue weighted by atomic mass is 14.9. The molecular weight excluding hydrogens is 206 g/mol. The van der Waals surface area contributed by atoms with Gasteiger partial charge in [0.1, 0.15) is 7.05 Å². The van der Waals surface area contributed by atoms with Crippen molar-refractivity contribution in [2.75, 3.05) is 0 Å². The number of hydrogen-bond donors (Lipinski definition) is 0. The van der Waals surface area contributed by atoms with Gasteiger partial charge in [-0.1, -0.05) is 32.0 Å². The molecule has 0 saturated heterocycles. The minimum absolute atomic E-state index is 0.539. The van der Waals surface area contributed by atoms with Gasteiger partial charge in [0.2, 0.25) is 5.69 Å². The molecule has 0 bridgehead atoms. The number of pyridine rings is 1. The van der Waals surface area contributed by atoms with Crippen LogP contribution in [0, 0.1) is 6.92 Å². The van der Waals surface area contributed by atoms with Crippen molar-refractivity contribution < 1.29 is 4.57 Å². The van der Waals surface area contributed by atoms with Crippen LogP contribution >= 0.6 is 0 Å². The monoisotopic (exact) mass is 226 g/mol. The van der Waals surface area contributed by atoms with Crippen LogP contribution in [0.15, 0.2) is 42.6 Å². The molecule has 0 aliphatic heterocycles. The summed E-state index contributed by atoms with van der Waals surface area (Å²) in [5.41, 5.74) is 5.40. The number of hydrogen-bond acceptors (Lipinski definition) is 0. The molecular formula is C16H20N+. The smallest absolute Gasteiger partial charge is 0.201 e. The summed E-state index contributed by atoms with van der Waals surface area (Å²) in [7, 11) is 2.12. The lowest BCUT2D eigenvalue weighted by atomic mass is 9.94. The molecule has 0 atom stereocenters. The number of benzene rings is 1. The molecule has 17 heavy (non-hydrogen) atoms. The second-order valence-electron chi connectivity index (χ2n) is 4.89. The van der Waals surface area contributed by atoms with Crippen LogP contribution in [0.25, 0.3) is 11.3 Å². The molecule has 1 nitrogen and oxygen atoms in total. The van der Waals surface area contributed by atoms with Gasteiger partial charge >= 0.3 is 0 Å². The largest absolute Gasteiger partial charge is 0.215 e. The third-order valence-electron chi connectivity index (χ3n) is 3.23. The lowest BCUT2D eigenvalue weighted by Crippen LogP contribution is -2.32. The molecule has 0 saturated carbocycles. The summed E-state index contributed by atoms with van der Waals surface area (Å²) in [6.07, 6.45) is 2.12. The van der Waals surface area contributed by atoms with E-state index in [0.29, 0.717) is 5.92 Å². The predicted octanol–water partition coefficient (Wildman–Crippen LogP) is 3.61. The van der Waals surface area contributed by atoms with Crippen LogP contribution in [0.3, 0.4) is 0 Å². The topological polar surface area (TPSA) is 3.88 Å². The summed E-state index contributed by atoms with van der Waals surface area (Å²) < 4.78 is 2.22. The first-order valence-corrected chi connectivity index (χ1v) is 6.16. The van der Waals surface area contributed by atoms with Crippen molar-refractivity contribution >= 4 is 0 Å². The molecule has 2 aromatic rings. The molecule has 0 radical (unpaired) electrons. The molecule has 1 aromatic heterocycles. The summed E-state index contributed by atoms with van der Waals surface area (Å²) in [4.78, 5) is 0. The summed E-state index contributed by atoms with van der Waals surface area (Å²) >= 11 is 0. The van der Waals surface area contributed by atoms with Crippen LogP contribution in [-0.2, 0) is 7.05 Å². The van der Waals surface area contributed by atoms with Gasteiger partial charge in [0, 0.05) is 17.2 Å². The molecule has 2 rings (SSSR count). The van der Waals surface area contributed by atoms with E-state index in [2.05, 4.69) is 75.0 Å². The number of aryl methyl sites for hydroxylation is 2. The Balaban J connectivity index is 2.70. The predicted molar refractivity (Wildman–Crippen MR) is 71.9 cm³/mol. The van der Waals surface area contributed by atoms with Crippen molar-refractivity contribution in [2.45, 2.75) is 26.7 Å². The van der Waals surface area contributed by atoms with E-state index in [1.807, 2.05) is 0 Å². The van der Waals surface area contributed by atoms with Gasteiger partial charge in [0.15, 0.2) is 6.20 Å². The van der Waals surface area contributed by atoms with Crippen LogP contribution in [-0.4, -0.2) is 0 Å². The van der Waals surface area contributed by atoms with E-state index in [0.717, 1.165) is 0 Å². The molecule has 1 heterocycles. The highest BCUT2D eigenvalue weighted by Gasteiger charge is 2.18. The zero-order valence-corrected chi connectivity index (χ0v) is 11.1. The van der Waals surface area contributed by atoms with Crippen molar-refractivity contribution in [2.24, 2.45) is 7.05 Å². The minimum Gasteiger partial charge on any atom is -0.201 e. The summed E-state index contributed by atoms with van der Waals surface area (Å²) in [5.74, 6) is 0.539. The molecule has 0 N–H and O–H groups in total. The Bertz CT molecular complexity index is 527. The standard InChI is InChI=1S/C16H20N/c1-12(2)14-10-7-11-17(4)16(14)15-9-6-5-8-13(15)3/h5-12H,1-4H3/q+1. The summed E-state index contributed by atoms with van der Waals surface area (Å²) in [5, 5.41) is 0. The van der Waals surface area contributed by atoms with Crippen molar-refractivity contribution in [3.63, 3.8) is 0 Å². The first-order valence-electron chi connectivity index (χ1n) is 6.16. The Morgan fingerprint density at radius 2 is 1.71 bits per heavy atom.